The molecule has 0 aliphatic carbocycles. The highest BCUT2D eigenvalue weighted by atomic mass is 19.1. The van der Waals surface area contributed by atoms with Gasteiger partial charge in [-0.2, -0.15) is 0 Å². The van der Waals surface area contributed by atoms with Crippen molar-refractivity contribution in [3.63, 3.8) is 0 Å². The van der Waals surface area contributed by atoms with Crippen molar-refractivity contribution in [1.82, 2.24) is 4.90 Å². The van der Waals surface area contributed by atoms with Gasteiger partial charge in [0.1, 0.15) is 5.82 Å². The number of nitrogens with one attached hydrogen (secondary N) is 1. The van der Waals surface area contributed by atoms with Crippen LogP contribution in [0.5, 0.6) is 0 Å². The van der Waals surface area contributed by atoms with Gasteiger partial charge in [0.25, 0.3) is 0 Å². The summed E-state index contributed by atoms with van der Waals surface area (Å²) in [5.74, 6) is -0.948. The third kappa shape index (κ3) is 3.84. The number of carbonyl (C=O) groups excluding carboxylic acids is 1. The van der Waals surface area contributed by atoms with Crippen LogP contribution in [0.25, 0.3) is 0 Å². The van der Waals surface area contributed by atoms with Crippen molar-refractivity contribution in [3.05, 3.63) is 29.6 Å². The van der Waals surface area contributed by atoms with Crippen LogP contribution in [-0.4, -0.2) is 35.1 Å². The lowest BCUT2D eigenvalue weighted by Gasteiger charge is -2.21. The van der Waals surface area contributed by atoms with Crippen LogP contribution in [0.15, 0.2) is 23.4 Å². The third-order valence-electron chi connectivity index (χ3n) is 3.49. The minimum atomic E-state index is -0.613. The van der Waals surface area contributed by atoms with E-state index >= 15 is 0 Å². The summed E-state index contributed by atoms with van der Waals surface area (Å²) in [6, 6.07) is 3.75. The predicted octanol–water partition coefficient (Wildman–Crippen LogP) is 2.33. The highest BCUT2D eigenvalue weighted by Crippen LogP contribution is 2.16. The zero-order valence-corrected chi connectivity index (χ0v) is 11.7. The molecule has 7 heteroatoms. The fourth-order valence-corrected chi connectivity index (χ4v) is 2.33. The molecular formula is C14H19FN4O2. The first-order valence-corrected chi connectivity index (χ1v) is 6.95. The number of amidine groups is 1. The van der Waals surface area contributed by atoms with Crippen LogP contribution in [-0.2, 0) is 0 Å². The quantitative estimate of drug-likeness (QED) is 0.338. The molecule has 0 bridgehead atoms. The molecular weight excluding hydrogens is 275 g/mol. The summed E-state index contributed by atoms with van der Waals surface area (Å²) < 4.78 is 13.6. The Hall–Kier alpha value is -2.31. The topological polar surface area (TPSA) is 91.0 Å². The molecule has 1 aliphatic heterocycles. The maximum Gasteiger partial charge on any atom is 0.321 e. The molecule has 1 saturated heterocycles. The summed E-state index contributed by atoms with van der Waals surface area (Å²) in [6.45, 7) is 1.44. The van der Waals surface area contributed by atoms with E-state index in [9.17, 15) is 9.18 Å². The smallest absolute Gasteiger partial charge is 0.321 e. The second-order valence-corrected chi connectivity index (χ2v) is 5.01. The SMILES string of the molecule is NC(=NO)c1cc(NC(=O)N2CCCCCC2)ccc1F. The van der Waals surface area contributed by atoms with Crippen LogP contribution >= 0.6 is 0 Å². The summed E-state index contributed by atoms with van der Waals surface area (Å²) >= 11 is 0. The second kappa shape index (κ2) is 6.92. The van der Waals surface area contributed by atoms with Gasteiger partial charge in [0.05, 0.1) is 5.56 Å². The number of hydrogen-bond donors (Lipinski definition) is 3. The van der Waals surface area contributed by atoms with Crippen LogP contribution in [0.2, 0.25) is 0 Å². The normalized spacial score (nSPS) is 16.4. The Labute approximate surface area is 122 Å². The lowest BCUT2D eigenvalue weighted by atomic mass is 10.1. The van der Waals surface area contributed by atoms with Gasteiger partial charge in [-0.15, -0.1) is 0 Å². The van der Waals surface area contributed by atoms with Crippen molar-refractivity contribution in [1.29, 1.82) is 0 Å². The van der Waals surface area contributed by atoms with Gasteiger partial charge in [0, 0.05) is 18.8 Å². The molecule has 0 unspecified atom stereocenters. The van der Waals surface area contributed by atoms with Gasteiger partial charge in [-0.05, 0) is 31.0 Å². The monoisotopic (exact) mass is 294 g/mol. The first-order valence-electron chi connectivity index (χ1n) is 6.95. The number of hydrogen-bond acceptors (Lipinski definition) is 3. The third-order valence-corrected chi connectivity index (χ3v) is 3.49. The predicted molar refractivity (Wildman–Crippen MR) is 78.0 cm³/mol. The highest BCUT2D eigenvalue weighted by Gasteiger charge is 2.16. The largest absolute Gasteiger partial charge is 0.409 e. The van der Waals surface area contributed by atoms with Crippen molar-refractivity contribution >= 4 is 17.6 Å². The molecule has 1 heterocycles. The van der Waals surface area contributed by atoms with Crippen LogP contribution in [0.4, 0.5) is 14.9 Å². The van der Waals surface area contributed by atoms with E-state index in [1.54, 1.807) is 4.90 Å². The highest BCUT2D eigenvalue weighted by molar-refractivity contribution is 5.99. The molecule has 6 nitrogen and oxygen atoms in total. The molecule has 0 aromatic heterocycles. The number of oxime groups is 1. The number of urea groups is 1. The van der Waals surface area contributed by atoms with Gasteiger partial charge in [-0.1, -0.05) is 18.0 Å². The number of rotatable bonds is 2. The fourth-order valence-electron chi connectivity index (χ4n) is 2.33. The molecule has 1 aliphatic rings. The summed E-state index contributed by atoms with van der Waals surface area (Å²) in [5, 5.41) is 14.1. The number of halogens is 1. The van der Waals surface area contributed by atoms with E-state index < -0.39 is 5.82 Å². The summed E-state index contributed by atoms with van der Waals surface area (Å²) in [6.07, 6.45) is 4.25. The summed E-state index contributed by atoms with van der Waals surface area (Å²) in [4.78, 5) is 13.9. The Morgan fingerprint density at radius 1 is 1.29 bits per heavy atom. The van der Waals surface area contributed by atoms with Gasteiger partial charge in [-0.3, -0.25) is 0 Å². The summed E-state index contributed by atoms with van der Waals surface area (Å²) in [7, 11) is 0. The summed E-state index contributed by atoms with van der Waals surface area (Å²) in [5.41, 5.74) is 5.75. The molecule has 21 heavy (non-hydrogen) atoms. The van der Waals surface area contributed by atoms with Gasteiger partial charge < -0.3 is 21.2 Å². The Balaban J connectivity index is 2.10. The van der Waals surface area contributed by atoms with E-state index in [2.05, 4.69) is 10.5 Å². The number of anilines is 1. The van der Waals surface area contributed by atoms with Gasteiger partial charge in [-0.25, -0.2) is 9.18 Å². The maximum absolute atomic E-state index is 13.6. The number of nitrogens with zero attached hydrogens (tertiary/aromatic N) is 2. The second-order valence-electron chi connectivity index (χ2n) is 5.01. The zero-order chi connectivity index (χ0) is 15.2. The molecule has 2 rings (SSSR count). The van der Waals surface area contributed by atoms with Crippen molar-refractivity contribution in [2.24, 2.45) is 10.9 Å². The average molecular weight is 294 g/mol. The first kappa shape index (κ1) is 15.1. The van der Waals surface area contributed by atoms with Gasteiger partial charge in [0.15, 0.2) is 5.84 Å². The van der Waals surface area contributed by atoms with Gasteiger partial charge >= 0.3 is 6.03 Å². The minimum Gasteiger partial charge on any atom is -0.409 e. The number of carbonyl (C=O) groups is 1. The molecule has 1 aromatic carbocycles. The number of benzene rings is 1. The van der Waals surface area contributed by atoms with Crippen molar-refractivity contribution in [3.8, 4) is 0 Å². The maximum atomic E-state index is 13.6. The molecule has 114 valence electrons. The fraction of sp³-hybridized carbons (Fsp3) is 0.429. The molecule has 1 aromatic rings. The van der Waals surface area contributed by atoms with Crippen molar-refractivity contribution in [2.75, 3.05) is 18.4 Å². The Morgan fingerprint density at radius 3 is 2.57 bits per heavy atom. The number of nitrogens with two attached hydrogens (primary N) is 1. The van der Waals surface area contributed by atoms with E-state index in [-0.39, 0.29) is 17.4 Å². The van der Waals surface area contributed by atoms with Gasteiger partial charge in [0.2, 0.25) is 0 Å². The van der Waals surface area contributed by atoms with E-state index in [1.807, 2.05) is 0 Å². The molecule has 0 radical (unpaired) electrons. The van der Waals surface area contributed by atoms with Crippen molar-refractivity contribution in [2.45, 2.75) is 25.7 Å². The first-order chi connectivity index (χ1) is 10.1. The molecule has 2 amide bonds. The van der Waals surface area contributed by atoms with Crippen LogP contribution in [0.1, 0.15) is 31.2 Å². The Morgan fingerprint density at radius 2 is 1.95 bits per heavy atom. The lowest BCUT2D eigenvalue weighted by Crippen LogP contribution is -2.35. The standard InChI is InChI=1S/C14H19FN4O2/c15-12-6-5-10(9-11(12)13(16)18-21)17-14(20)19-7-3-1-2-4-8-19/h5-6,9,21H,1-4,7-8H2,(H2,16,18)(H,17,20). The molecule has 0 atom stereocenters. The average Bonchev–Trinajstić information content (AvgIpc) is 2.77. The molecule has 4 N–H and O–H groups in total. The zero-order valence-electron chi connectivity index (χ0n) is 11.7. The Kier molecular flexibility index (Phi) is 4.97. The van der Waals surface area contributed by atoms with Crippen LogP contribution < -0.4 is 11.1 Å². The van der Waals surface area contributed by atoms with Crippen molar-refractivity contribution < 1.29 is 14.4 Å². The molecule has 0 saturated carbocycles. The van der Waals surface area contributed by atoms with Crippen LogP contribution in [0.3, 0.4) is 0 Å². The van der Waals surface area contributed by atoms with E-state index in [0.717, 1.165) is 38.8 Å². The minimum absolute atomic E-state index is 0.0498. The lowest BCUT2D eigenvalue weighted by molar-refractivity contribution is 0.214. The van der Waals surface area contributed by atoms with Crippen LogP contribution in [0, 0.1) is 5.82 Å². The molecule has 1 fully saturated rings. The van der Waals surface area contributed by atoms with E-state index in [1.165, 1.54) is 18.2 Å². The number of amides is 2. The van der Waals surface area contributed by atoms with E-state index in [0.29, 0.717) is 5.69 Å². The Bertz CT molecular complexity index is 540. The molecule has 0 spiro atoms. The number of likely N-dealkylation sites (tertiary alicyclic amines) is 1. The van der Waals surface area contributed by atoms with E-state index in [4.69, 9.17) is 10.9 Å².